The molecule has 0 saturated heterocycles. The fourth-order valence-corrected chi connectivity index (χ4v) is 2.24. The number of hydrogen-bond donors (Lipinski definition) is 1. The second-order valence-corrected chi connectivity index (χ2v) is 5.60. The molecule has 1 aromatic heterocycles. The van der Waals surface area contributed by atoms with Gasteiger partial charge in [0.1, 0.15) is 5.75 Å². The molecular formula is C14H18BrN3O2. The minimum atomic E-state index is 0.0711. The Morgan fingerprint density at radius 1 is 1.45 bits per heavy atom. The van der Waals surface area contributed by atoms with Gasteiger partial charge in [-0.1, -0.05) is 28.0 Å². The molecule has 1 heterocycles. The van der Waals surface area contributed by atoms with E-state index in [1.165, 1.54) is 0 Å². The van der Waals surface area contributed by atoms with Crippen molar-refractivity contribution in [2.75, 3.05) is 0 Å². The molecule has 0 radical (unpaired) electrons. The largest absolute Gasteiger partial charge is 0.483 e. The van der Waals surface area contributed by atoms with Crippen molar-refractivity contribution in [1.82, 2.24) is 10.1 Å². The Bertz CT molecular complexity index is 569. The number of ether oxygens (including phenoxy) is 1. The first-order chi connectivity index (χ1) is 9.58. The van der Waals surface area contributed by atoms with Crippen LogP contribution in [0.2, 0.25) is 0 Å². The molecule has 0 fully saturated rings. The zero-order chi connectivity index (χ0) is 14.5. The lowest BCUT2D eigenvalue weighted by Gasteiger charge is -2.12. The van der Waals surface area contributed by atoms with Crippen molar-refractivity contribution in [3.05, 3.63) is 40.0 Å². The van der Waals surface area contributed by atoms with Gasteiger partial charge in [-0.25, -0.2) is 0 Å². The van der Waals surface area contributed by atoms with Crippen LogP contribution in [0.3, 0.4) is 0 Å². The summed E-state index contributed by atoms with van der Waals surface area (Å²) >= 11 is 3.46. The summed E-state index contributed by atoms with van der Waals surface area (Å²) in [5.41, 5.74) is 6.92. The highest BCUT2D eigenvalue weighted by Gasteiger charge is 2.10. The Hall–Kier alpha value is -1.40. The van der Waals surface area contributed by atoms with E-state index < -0.39 is 0 Å². The van der Waals surface area contributed by atoms with Crippen molar-refractivity contribution in [2.24, 2.45) is 5.73 Å². The van der Waals surface area contributed by atoms with Crippen LogP contribution in [0.25, 0.3) is 0 Å². The van der Waals surface area contributed by atoms with Crippen LogP contribution in [0.15, 0.2) is 27.2 Å². The van der Waals surface area contributed by atoms with E-state index in [1.54, 1.807) is 0 Å². The molecule has 1 aromatic carbocycles. The summed E-state index contributed by atoms with van der Waals surface area (Å²) in [7, 11) is 0. The molecule has 5 nitrogen and oxygen atoms in total. The quantitative estimate of drug-likeness (QED) is 0.875. The van der Waals surface area contributed by atoms with Crippen molar-refractivity contribution in [2.45, 2.75) is 39.3 Å². The normalized spacial score (nSPS) is 12.4. The molecule has 2 aromatic rings. The fraction of sp³-hybridized carbons (Fsp3) is 0.429. The number of hydrogen-bond acceptors (Lipinski definition) is 5. The number of aryl methyl sites for hydroxylation is 1. The van der Waals surface area contributed by atoms with E-state index in [0.29, 0.717) is 11.7 Å². The van der Waals surface area contributed by atoms with Gasteiger partial charge in [-0.15, -0.1) is 0 Å². The molecule has 0 saturated carbocycles. The van der Waals surface area contributed by atoms with Crippen molar-refractivity contribution >= 4 is 15.9 Å². The molecule has 2 N–H and O–H groups in total. The zero-order valence-electron chi connectivity index (χ0n) is 11.6. The lowest BCUT2D eigenvalue weighted by Crippen LogP contribution is -2.18. The lowest BCUT2D eigenvalue weighted by molar-refractivity contribution is 0.240. The Morgan fingerprint density at radius 2 is 2.25 bits per heavy atom. The van der Waals surface area contributed by atoms with E-state index in [1.807, 2.05) is 32.0 Å². The van der Waals surface area contributed by atoms with Gasteiger partial charge in [-0.3, -0.25) is 0 Å². The molecule has 1 unspecified atom stereocenters. The number of rotatable bonds is 6. The molecule has 0 aliphatic rings. The van der Waals surface area contributed by atoms with Crippen LogP contribution in [0.1, 0.15) is 31.1 Å². The van der Waals surface area contributed by atoms with E-state index in [9.17, 15) is 0 Å². The predicted molar refractivity (Wildman–Crippen MR) is 79.5 cm³/mol. The van der Waals surface area contributed by atoms with Crippen LogP contribution in [0, 0.1) is 0 Å². The van der Waals surface area contributed by atoms with Crippen LogP contribution in [-0.4, -0.2) is 16.2 Å². The summed E-state index contributed by atoms with van der Waals surface area (Å²) in [5.74, 6) is 1.97. The highest BCUT2D eigenvalue weighted by atomic mass is 79.9. The SMILES string of the molecule is CCc1noc(COc2ccc(Br)cc2CC(C)N)n1. The molecule has 2 rings (SSSR count). The highest BCUT2D eigenvalue weighted by Crippen LogP contribution is 2.25. The first-order valence-corrected chi connectivity index (χ1v) is 7.36. The summed E-state index contributed by atoms with van der Waals surface area (Å²) in [6.07, 6.45) is 1.50. The monoisotopic (exact) mass is 339 g/mol. The Kier molecular flexibility index (Phi) is 5.14. The number of aromatic nitrogens is 2. The minimum Gasteiger partial charge on any atom is -0.483 e. The fourth-order valence-electron chi connectivity index (χ4n) is 1.83. The molecule has 0 bridgehead atoms. The number of benzene rings is 1. The lowest BCUT2D eigenvalue weighted by atomic mass is 10.1. The van der Waals surface area contributed by atoms with Gasteiger partial charge < -0.3 is 15.0 Å². The topological polar surface area (TPSA) is 74.2 Å². The summed E-state index contributed by atoms with van der Waals surface area (Å²) in [6.45, 7) is 4.21. The first kappa shape index (κ1) is 15.0. The van der Waals surface area contributed by atoms with E-state index in [0.717, 1.165) is 28.6 Å². The summed E-state index contributed by atoms with van der Waals surface area (Å²) in [4.78, 5) is 4.22. The molecule has 1 atom stereocenters. The Balaban J connectivity index is 2.08. The van der Waals surface area contributed by atoms with Gasteiger partial charge in [-0.2, -0.15) is 4.98 Å². The maximum Gasteiger partial charge on any atom is 0.264 e. The van der Waals surface area contributed by atoms with Crippen molar-refractivity contribution < 1.29 is 9.26 Å². The number of halogens is 1. The van der Waals surface area contributed by atoms with E-state index in [2.05, 4.69) is 26.1 Å². The van der Waals surface area contributed by atoms with Gasteiger partial charge in [0, 0.05) is 16.9 Å². The summed E-state index contributed by atoms with van der Waals surface area (Å²) in [5, 5.41) is 3.84. The summed E-state index contributed by atoms with van der Waals surface area (Å²) in [6, 6.07) is 5.94. The molecular weight excluding hydrogens is 322 g/mol. The second kappa shape index (κ2) is 6.85. The van der Waals surface area contributed by atoms with Crippen molar-refractivity contribution in [1.29, 1.82) is 0 Å². The Morgan fingerprint density at radius 3 is 2.90 bits per heavy atom. The van der Waals surface area contributed by atoms with Crippen LogP contribution in [0.5, 0.6) is 5.75 Å². The average molecular weight is 340 g/mol. The molecule has 20 heavy (non-hydrogen) atoms. The van der Waals surface area contributed by atoms with Crippen LogP contribution >= 0.6 is 15.9 Å². The third-order valence-electron chi connectivity index (χ3n) is 2.74. The zero-order valence-corrected chi connectivity index (χ0v) is 13.2. The average Bonchev–Trinajstić information content (AvgIpc) is 2.85. The van der Waals surface area contributed by atoms with Crippen molar-refractivity contribution in [3.8, 4) is 5.75 Å². The summed E-state index contributed by atoms with van der Waals surface area (Å²) < 4.78 is 11.9. The van der Waals surface area contributed by atoms with Crippen LogP contribution < -0.4 is 10.5 Å². The van der Waals surface area contributed by atoms with Gasteiger partial charge in [0.05, 0.1) is 0 Å². The van der Waals surface area contributed by atoms with Gasteiger partial charge in [0.2, 0.25) is 0 Å². The highest BCUT2D eigenvalue weighted by molar-refractivity contribution is 9.10. The molecule has 108 valence electrons. The van der Waals surface area contributed by atoms with Gasteiger partial charge in [-0.05, 0) is 37.1 Å². The maximum absolute atomic E-state index is 5.86. The van der Waals surface area contributed by atoms with Crippen LogP contribution in [-0.2, 0) is 19.4 Å². The first-order valence-electron chi connectivity index (χ1n) is 6.56. The van der Waals surface area contributed by atoms with Crippen LogP contribution in [0.4, 0.5) is 0 Å². The third-order valence-corrected chi connectivity index (χ3v) is 3.24. The maximum atomic E-state index is 5.86. The Labute approximate surface area is 126 Å². The molecule has 0 amide bonds. The minimum absolute atomic E-state index is 0.0711. The van der Waals surface area contributed by atoms with Gasteiger partial charge >= 0.3 is 0 Å². The van der Waals surface area contributed by atoms with E-state index >= 15 is 0 Å². The van der Waals surface area contributed by atoms with Gasteiger partial charge in [0.25, 0.3) is 5.89 Å². The standard InChI is InChI=1S/C14H18BrN3O2/c1-3-13-17-14(20-18-13)8-19-12-5-4-11(15)7-10(12)6-9(2)16/h4-5,7,9H,3,6,8,16H2,1-2H3. The van der Waals surface area contributed by atoms with E-state index in [-0.39, 0.29) is 12.6 Å². The molecule has 0 aliphatic heterocycles. The number of nitrogens with two attached hydrogens (primary N) is 1. The molecule has 6 heteroatoms. The van der Waals surface area contributed by atoms with Gasteiger partial charge in [0.15, 0.2) is 12.4 Å². The smallest absolute Gasteiger partial charge is 0.264 e. The predicted octanol–water partition coefficient (Wildman–Crippen LogP) is 2.86. The second-order valence-electron chi connectivity index (χ2n) is 4.68. The third kappa shape index (κ3) is 4.05. The van der Waals surface area contributed by atoms with E-state index in [4.69, 9.17) is 15.0 Å². The number of nitrogens with zero attached hydrogens (tertiary/aromatic N) is 2. The molecule has 0 aliphatic carbocycles. The van der Waals surface area contributed by atoms with Crippen molar-refractivity contribution in [3.63, 3.8) is 0 Å². The molecule has 0 spiro atoms.